The standard InChI is InChI=1S/C14H14Cl2N2O2/c1-3-19-8-13-17-12(16)7-14(18-13)20-11-5-4-9(2)6-10(11)15/h4-7H,3,8H2,1-2H3. The minimum atomic E-state index is 0.287. The van der Waals surface area contributed by atoms with Crippen molar-refractivity contribution in [3.05, 3.63) is 45.8 Å². The third kappa shape index (κ3) is 4.07. The van der Waals surface area contributed by atoms with Crippen molar-refractivity contribution in [2.45, 2.75) is 20.5 Å². The number of hydrogen-bond donors (Lipinski definition) is 0. The Morgan fingerprint density at radius 3 is 2.65 bits per heavy atom. The molecule has 0 saturated carbocycles. The fraction of sp³-hybridized carbons (Fsp3) is 0.286. The monoisotopic (exact) mass is 312 g/mol. The lowest BCUT2D eigenvalue weighted by Crippen LogP contribution is -2.01. The second-order valence-electron chi connectivity index (χ2n) is 4.12. The van der Waals surface area contributed by atoms with Crippen LogP contribution in [0.25, 0.3) is 0 Å². The molecule has 6 heteroatoms. The molecule has 0 aliphatic rings. The summed E-state index contributed by atoms with van der Waals surface area (Å²) in [6.07, 6.45) is 0. The molecule has 0 unspecified atom stereocenters. The molecule has 0 atom stereocenters. The number of benzene rings is 1. The van der Waals surface area contributed by atoms with Gasteiger partial charge in [0.15, 0.2) is 5.82 Å². The molecule has 0 spiro atoms. The summed E-state index contributed by atoms with van der Waals surface area (Å²) in [4.78, 5) is 8.29. The van der Waals surface area contributed by atoms with Crippen LogP contribution in [0.4, 0.5) is 0 Å². The van der Waals surface area contributed by atoms with Crippen molar-refractivity contribution in [2.24, 2.45) is 0 Å². The normalized spacial score (nSPS) is 10.6. The molecule has 2 rings (SSSR count). The Balaban J connectivity index is 2.21. The summed E-state index contributed by atoms with van der Waals surface area (Å²) in [5.41, 5.74) is 1.06. The van der Waals surface area contributed by atoms with E-state index in [9.17, 15) is 0 Å². The van der Waals surface area contributed by atoms with Gasteiger partial charge in [0, 0.05) is 12.7 Å². The smallest absolute Gasteiger partial charge is 0.224 e. The van der Waals surface area contributed by atoms with Gasteiger partial charge in [0.05, 0.1) is 5.02 Å². The van der Waals surface area contributed by atoms with Crippen molar-refractivity contribution in [2.75, 3.05) is 6.61 Å². The van der Waals surface area contributed by atoms with Gasteiger partial charge < -0.3 is 9.47 Å². The number of rotatable bonds is 5. The summed E-state index contributed by atoms with van der Waals surface area (Å²) in [5, 5.41) is 0.819. The molecule has 20 heavy (non-hydrogen) atoms. The molecular weight excluding hydrogens is 299 g/mol. The van der Waals surface area contributed by atoms with E-state index < -0.39 is 0 Å². The zero-order chi connectivity index (χ0) is 14.5. The van der Waals surface area contributed by atoms with Gasteiger partial charge in [0.25, 0.3) is 0 Å². The number of halogens is 2. The fourth-order valence-electron chi connectivity index (χ4n) is 1.55. The van der Waals surface area contributed by atoms with Crippen molar-refractivity contribution in [3.8, 4) is 11.6 Å². The highest BCUT2D eigenvalue weighted by atomic mass is 35.5. The Bertz CT molecular complexity index is 606. The van der Waals surface area contributed by atoms with E-state index in [-0.39, 0.29) is 6.61 Å². The van der Waals surface area contributed by atoms with Crippen LogP contribution in [0.2, 0.25) is 10.2 Å². The van der Waals surface area contributed by atoms with Crippen LogP contribution in [-0.4, -0.2) is 16.6 Å². The number of ether oxygens (including phenoxy) is 2. The summed E-state index contributed by atoms with van der Waals surface area (Å²) in [5.74, 6) is 1.33. The Kier molecular flexibility index (Phi) is 5.17. The van der Waals surface area contributed by atoms with Crippen molar-refractivity contribution in [1.29, 1.82) is 0 Å². The predicted molar refractivity (Wildman–Crippen MR) is 78.6 cm³/mol. The molecule has 1 heterocycles. The van der Waals surface area contributed by atoms with E-state index in [0.29, 0.717) is 34.2 Å². The molecule has 106 valence electrons. The Morgan fingerprint density at radius 1 is 1.15 bits per heavy atom. The molecule has 1 aromatic heterocycles. The van der Waals surface area contributed by atoms with E-state index in [1.807, 2.05) is 26.0 Å². The molecular formula is C14H14Cl2N2O2. The number of aromatic nitrogens is 2. The highest BCUT2D eigenvalue weighted by Gasteiger charge is 2.08. The zero-order valence-electron chi connectivity index (χ0n) is 11.2. The van der Waals surface area contributed by atoms with E-state index in [2.05, 4.69) is 9.97 Å². The topological polar surface area (TPSA) is 44.2 Å². The second kappa shape index (κ2) is 6.88. The van der Waals surface area contributed by atoms with Crippen LogP contribution < -0.4 is 4.74 Å². The first kappa shape index (κ1) is 15.0. The highest BCUT2D eigenvalue weighted by Crippen LogP contribution is 2.29. The molecule has 0 amide bonds. The van der Waals surface area contributed by atoms with Crippen LogP contribution >= 0.6 is 23.2 Å². The second-order valence-corrected chi connectivity index (χ2v) is 4.91. The molecule has 4 nitrogen and oxygen atoms in total. The molecule has 1 aromatic carbocycles. The lowest BCUT2D eigenvalue weighted by atomic mass is 10.2. The van der Waals surface area contributed by atoms with E-state index in [0.717, 1.165) is 5.56 Å². The van der Waals surface area contributed by atoms with E-state index >= 15 is 0 Å². The van der Waals surface area contributed by atoms with Crippen LogP contribution in [0.1, 0.15) is 18.3 Å². The van der Waals surface area contributed by atoms with Gasteiger partial charge in [-0.3, -0.25) is 0 Å². The summed E-state index contributed by atoms with van der Waals surface area (Å²) in [7, 11) is 0. The number of aryl methyl sites for hydroxylation is 1. The average molecular weight is 313 g/mol. The summed E-state index contributed by atoms with van der Waals surface area (Å²) in [6.45, 7) is 4.72. The predicted octanol–water partition coefficient (Wildman–Crippen LogP) is 4.42. The molecule has 0 aliphatic carbocycles. The average Bonchev–Trinajstić information content (AvgIpc) is 2.39. The molecule has 2 aromatic rings. The first-order valence-electron chi connectivity index (χ1n) is 6.13. The zero-order valence-corrected chi connectivity index (χ0v) is 12.7. The first-order valence-corrected chi connectivity index (χ1v) is 6.89. The van der Waals surface area contributed by atoms with Crippen molar-refractivity contribution >= 4 is 23.2 Å². The van der Waals surface area contributed by atoms with Gasteiger partial charge >= 0.3 is 0 Å². The third-order valence-electron chi connectivity index (χ3n) is 2.45. The van der Waals surface area contributed by atoms with Crippen LogP contribution in [0, 0.1) is 6.92 Å². The van der Waals surface area contributed by atoms with Gasteiger partial charge in [0.1, 0.15) is 17.5 Å². The minimum absolute atomic E-state index is 0.287. The maximum atomic E-state index is 6.12. The van der Waals surface area contributed by atoms with Gasteiger partial charge in [-0.25, -0.2) is 4.98 Å². The Morgan fingerprint density at radius 2 is 1.95 bits per heavy atom. The lowest BCUT2D eigenvalue weighted by molar-refractivity contribution is 0.128. The first-order chi connectivity index (χ1) is 9.58. The largest absolute Gasteiger partial charge is 0.437 e. The molecule has 0 aliphatic heterocycles. The fourth-order valence-corrected chi connectivity index (χ4v) is 2.02. The SMILES string of the molecule is CCOCc1nc(Cl)cc(Oc2ccc(C)cc2Cl)n1. The van der Waals surface area contributed by atoms with Gasteiger partial charge in [-0.1, -0.05) is 29.3 Å². The Hall–Kier alpha value is -1.36. The van der Waals surface area contributed by atoms with Crippen LogP contribution in [0.5, 0.6) is 11.6 Å². The molecule has 0 bridgehead atoms. The Labute approximate surface area is 127 Å². The quantitative estimate of drug-likeness (QED) is 0.766. The highest BCUT2D eigenvalue weighted by molar-refractivity contribution is 6.32. The number of hydrogen-bond acceptors (Lipinski definition) is 4. The van der Waals surface area contributed by atoms with E-state index in [1.54, 1.807) is 6.07 Å². The maximum Gasteiger partial charge on any atom is 0.224 e. The van der Waals surface area contributed by atoms with E-state index in [4.69, 9.17) is 32.7 Å². The summed E-state index contributed by atoms with van der Waals surface area (Å²) in [6, 6.07) is 7.05. The van der Waals surface area contributed by atoms with Gasteiger partial charge in [-0.15, -0.1) is 0 Å². The van der Waals surface area contributed by atoms with Crippen LogP contribution in [-0.2, 0) is 11.3 Å². The number of nitrogens with zero attached hydrogens (tertiary/aromatic N) is 2. The minimum Gasteiger partial charge on any atom is -0.437 e. The van der Waals surface area contributed by atoms with Crippen LogP contribution in [0.3, 0.4) is 0 Å². The maximum absolute atomic E-state index is 6.12. The molecule has 0 fully saturated rings. The summed E-state index contributed by atoms with van der Waals surface area (Å²) < 4.78 is 10.9. The molecule has 0 N–H and O–H groups in total. The molecule has 0 radical (unpaired) electrons. The van der Waals surface area contributed by atoms with Gasteiger partial charge in [-0.2, -0.15) is 4.98 Å². The molecule has 0 saturated heterocycles. The summed E-state index contributed by atoms with van der Waals surface area (Å²) >= 11 is 12.1. The van der Waals surface area contributed by atoms with Crippen molar-refractivity contribution in [3.63, 3.8) is 0 Å². The van der Waals surface area contributed by atoms with Gasteiger partial charge in [0.2, 0.25) is 5.88 Å². The van der Waals surface area contributed by atoms with Crippen molar-refractivity contribution < 1.29 is 9.47 Å². The van der Waals surface area contributed by atoms with Gasteiger partial charge in [-0.05, 0) is 31.5 Å². The van der Waals surface area contributed by atoms with E-state index in [1.165, 1.54) is 6.07 Å². The van der Waals surface area contributed by atoms with Crippen LogP contribution in [0.15, 0.2) is 24.3 Å². The lowest BCUT2D eigenvalue weighted by Gasteiger charge is -2.09. The van der Waals surface area contributed by atoms with Crippen molar-refractivity contribution in [1.82, 2.24) is 9.97 Å². The third-order valence-corrected chi connectivity index (χ3v) is 2.94.